The van der Waals surface area contributed by atoms with Crippen LogP contribution in [-0.4, -0.2) is 11.6 Å². The van der Waals surface area contributed by atoms with E-state index in [2.05, 4.69) is 32.9 Å². The summed E-state index contributed by atoms with van der Waals surface area (Å²) in [7, 11) is 0. The number of phenolic OH excluding ortho intramolecular Hbond substituents is 1. The van der Waals surface area contributed by atoms with Crippen LogP contribution in [0.4, 0.5) is 0 Å². The normalized spacial score (nSPS) is 25.3. The second-order valence-electron chi connectivity index (χ2n) is 8.22. The molecule has 1 N–H and O–H groups in total. The highest BCUT2D eigenvalue weighted by Gasteiger charge is 2.45. The van der Waals surface area contributed by atoms with Gasteiger partial charge in [-0.15, -0.1) is 0 Å². The summed E-state index contributed by atoms with van der Waals surface area (Å²) in [5, 5.41) is 9.71. The number of benzene rings is 2. The van der Waals surface area contributed by atoms with Crippen LogP contribution in [0.15, 0.2) is 48.5 Å². The minimum Gasteiger partial charge on any atom is -0.508 e. The van der Waals surface area contributed by atoms with Crippen LogP contribution in [0.1, 0.15) is 51.2 Å². The third kappa shape index (κ3) is 3.55. The van der Waals surface area contributed by atoms with E-state index in [1.807, 2.05) is 24.3 Å². The quantitative estimate of drug-likeness (QED) is 0.793. The highest BCUT2D eigenvalue weighted by Crippen LogP contribution is 2.53. The van der Waals surface area contributed by atoms with Gasteiger partial charge < -0.3 is 9.84 Å². The van der Waals surface area contributed by atoms with E-state index in [1.165, 1.54) is 17.5 Å². The van der Waals surface area contributed by atoms with Crippen LogP contribution in [0.5, 0.6) is 11.5 Å². The average Bonchev–Trinajstić information content (AvgIpc) is 2.54. The van der Waals surface area contributed by atoms with Crippen molar-refractivity contribution in [3.05, 3.63) is 59.7 Å². The van der Waals surface area contributed by atoms with E-state index in [0.717, 1.165) is 12.8 Å². The molecule has 3 rings (SSSR count). The van der Waals surface area contributed by atoms with Gasteiger partial charge in [0.25, 0.3) is 6.47 Å². The Morgan fingerprint density at radius 1 is 1.00 bits per heavy atom. The molecule has 2 aromatic carbocycles. The van der Waals surface area contributed by atoms with E-state index in [-0.39, 0.29) is 16.6 Å². The minimum atomic E-state index is -0.103. The van der Waals surface area contributed by atoms with E-state index in [9.17, 15) is 9.90 Å². The number of hydrogen-bond acceptors (Lipinski definition) is 3. The van der Waals surface area contributed by atoms with E-state index in [0.29, 0.717) is 18.1 Å². The first-order valence-electron chi connectivity index (χ1n) is 8.85. The van der Waals surface area contributed by atoms with Crippen molar-refractivity contribution in [1.82, 2.24) is 0 Å². The zero-order chi connectivity index (χ0) is 18.1. The molecule has 1 aliphatic rings. The standard InChI is InChI=1S/C22H26O3/c1-16-12-21(2,3)14-22(13-16,17-4-8-19(24)9-5-17)18-6-10-20(11-7-18)25-15-23/h4-11,15-16,24H,12-14H2,1-3H3. The molecule has 132 valence electrons. The second kappa shape index (κ2) is 6.55. The van der Waals surface area contributed by atoms with Gasteiger partial charge in [-0.2, -0.15) is 0 Å². The molecule has 0 radical (unpaired) electrons. The Morgan fingerprint density at radius 2 is 1.56 bits per heavy atom. The molecule has 0 spiro atoms. The molecule has 0 aromatic heterocycles. The molecule has 2 unspecified atom stereocenters. The molecular formula is C22H26O3. The van der Waals surface area contributed by atoms with Crippen LogP contribution in [0.3, 0.4) is 0 Å². The van der Waals surface area contributed by atoms with Crippen molar-refractivity contribution < 1.29 is 14.6 Å². The first kappa shape index (κ1) is 17.5. The van der Waals surface area contributed by atoms with Crippen LogP contribution in [0, 0.1) is 11.3 Å². The smallest absolute Gasteiger partial charge is 0.298 e. The number of hydrogen-bond donors (Lipinski definition) is 1. The van der Waals surface area contributed by atoms with Gasteiger partial charge in [0.05, 0.1) is 0 Å². The predicted molar refractivity (Wildman–Crippen MR) is 98.8 cm³/mol. The zero-order valence-corrected chi connectivity index (χ0v) is 15.2. The molecule has 0 amide bonds. The topological polar surface area (TPSA) is 46.5 Å². The number of phenols is 1. The summed E-state index contributed by atoms with van der Waals surface area (Å²) in [5.74, 6) is 1.45. The summed E-state index contributed by atoms with van der Waals surface area (Å²) in [5.41, 5.74) is 2.59. The summed E-state index contributed by atoms with van der Waals surface area (Å²) in [6, 6.07) is 15.5. The van der Waals surface area contributed by atoms with Crippen LogP contribution >= 0.6 is 0 Å². The number of carbonyl (C=O) groups is 1. The molecule has 1 aliphatic carbocycles. The van der Waals surface area contributed by atoms with Gasteiger partial charge in [-0.25, -0.2) is 0 Å². The lowest BCUT2D eigenvalue weighted by atomic mass is 9.55. The van der Waals surface area contributed by atoms with Crippen molar-refractivity contribution >= 4 is 6.47 Å². The fourth-order valence-corrected chi connectivity index (χ4v) is 4.87. The van der Waals surface area contributed by atoms with E-state index >= 15 is 0 Å². The molecule has 2 atom stereocenters. The molecule has 25 heavy (non-hydrogen) atoms. The third-order valence-corrected chi connectivity index (χ3v) is 5.39. The van der Waals surface area contributed by atoms with Gasteiger partial charge in [0, 0.05) is 5.41 Å². The first-order valence-corrected chi connectivity index (χ1v) is 8.85. The van der Waals surface area contributed by atoms with Gasteiger partial charge >= 0.3 is 0 Å². The van der Waals surface area contributed by atoms with Crippen molar-refractivity contribution in [2.45, 2.75) is 45.4 Å². The Morgan fingerprint density at radius 3 is 2.08 bits per heavy atom. The van der Waals surface area contributed by atoms with Gasteiger partial charge in [-0.3, -0.25) is 4.79 Å². The van der Waals surface area contributed by atoms with Gasteiger partial charge in [0.1, 0.15) is 11.5 Å². The van der Waals surface area contributed by atoms with Gasteiger partial charge in [0.2, 0.25) is 0 Å². The largest absolute Gasteiger partial charge is 0.508 e. The molecule has 3 nitrogen and oxygen atoms in total. The molecule has 1 fully saturated rings. The molecule has 3 heteroatoms. The highest BCUT2D eigenvalue weighted by molar-refractivity contribution is 5.48. The number of aromatic hydroxyl groups is 1. The SMILES string of the molecule is CC1CC(C)(C)CC(c2ccc(O)cc2)(c2ccc(OC=O)cc2)C1. The maximum atomic E-state index is 10.6. The number of carbonyl (C=O) groups excluding carboxylic acids is 1. The Hall–Kier alpha value is -2.29. The zero-order valence-electron chi connectivity index (χ0n) is 15.2. The second-order valence-corrected chi connectivity index (χ2v) is 8.22. The monoisotopic (exact) mass is 338 g/mol. The number of ether oxygens (including phenoxy) is 1. The average molecular weight is 338 g/mol. The summed E-state index contributed by atoms with van der Waals surface area (Å²) >= 11 is 0. The third-order valence-electron chi connectivity index (χ3n) is 5.39. The van der Waals surface area contributed by atoms with Crippen LogP contribution in [0.2, 0.25) is 0 Å². The summed E-state index contributed by atoms with van der Waals surface area (Å²) in [6.45, 7) is 7.44. The molecule has 0 saturated heterocycles. The van der Waals surface area contributed by atoms with Crippen molar-refractivity contribution in [3.8, 4) is 11.5 Å². The lowest BCUT2D eigenvalue weighted by molar-refractivity contribution is -0.120. The van der Waals surface area contributed by atoms with Crippen LogP contribution in [0.25, 0.3) is 0 Å². The Bertz CT molecular complexity index is 731. The molecular weight excluding hydrogens is 312 g/mol. The maximum absolute atomic E-state index is 10.6. The molecule has 2 aromatic rings. The Kier molecular flexibility index (Phi) is 4.59. The maximum Gasteiger partial charge on any atom is 0.298 e. The molecule has 0 bridgehead atoms. The van der Waals surface area contributed by atoms with Gasteiger partial charge in [-0.05, 0) is 66.0 Å². The molecule has 0 aliphatic heterocycles. The summed E-state index contributed by atoms with van der Waals surface area (Å²) < 4.78 is 4.95. The van der Waals surface area contributed by atoms with Crippen LogP contribution in [-0.2, 0) is 10.2 Å². The van der Waals surface area contributed by atoms with Crippen molar-refractivity contribution in [2.24, 2.45) is 11.3 Å². The fraction of sp³-hybridized carbons (Fsp3) is 0.409. The summed E-state index contributed by atoms with van der Waals surface area (Å²) in [4.78, 5) is 10.6. The summed E-state index contributed by atoms with van der Waals surface area (Å²) in [6.07, 6.45) is 3.32. The van der Waals surface area contributed by atoms with Crippen molar-refractivity contribution in [2.75, 3.05) is 0 Å². The Balaban J connectivity index is 2.11. The van der Waals surface area contributed by atoms with Gasteiger partial charge in [0.15, 0.2) is 0 Å². The highest BCUT2D eigenvalue weighted by atomic mass is 16.5. The van der Waals surface area contributed by atoms with E-state index in [4.69, 9.17) is 4.74 Å². The van der Waals surface area contributed by atoms with Crippen molar-refractivity contribution in [3.63, 3.8) is 0 Å². The predicted octanol–water partition coefficient (Wildman–Crippen LogP) is 5.06. The van der Waals surface area contributed by atoms with Crippen LogP contribution < -0.4 is 4.74 Å². The lowest BCUT2D eigenvalue weighted by Gasteiger charge is -2.48. The molecule has 0 heterocycles. The minimum absolute atomic E-state index is 0.103. The van der Waals surface area contributed by atoms with E-state index < -0.39 is 0 Å². The first-order chi connectivity index (χ1) is 11.8. The Labute approximate surface area is 149 Å². The molecule has 1 saturated carbocycles. The lowest BCUT2D eigenvalue weighted by Crippen LogP contribution is -2.41. The van der Waals surface area contributed by atoms with Crippen molar-refractivity contribution in [1.29, 1.82) is 0 Å². The fourth-order valence-electron chi connectivity index (χ4n) is 4.87. The van der Waals surface area contributed by atoms with Gasteiger partial charge in [-0.1, -0.05) is 45.0 Å². The van der Waals surface area contributed by atoms with E-state index in [1.54, 1.807) is 12.1 Å². The number of rotatable bonds is 4.